The number of ether oxygens (including phenoxy) is 1. The van der Waals surface area contributed by atoms with Crippen LogP contribution in [0.3, 0.4) is 0 Å². The maximum absolute atomic E-state index is 12.1. The highest BCUT2D eigenvalue weighted by molar-refractivity contribution is 5.94. The molecule has 1 aromatic carbocycles. The van der Waals surface area contributed by atoms with E-state index >= 15 is 0 Å². The number of morpholine rings is 1. The van der Waals surface area contributed by atoms with Crippen LogP contribution in [-0.2, 0) is 14.3 Å². The highest BCUT2D eigenvalue weighted by Gasteiger charge is 2.20. The lowest BCUT2D eigenvalue weighted by Crippen LogP contribution is -2.42. The molecule has 138 valence electrons. The molecule has 0 aromatic heterocycles. The van der Waals surface area contributed by atoms with Gasteiger partial charge in [0.25, 0.3) is 0 Å². The van der Waals surface area contributed by atoms with Crippen molar-refractivity contribution in [1.82, 2.24) is 10.2 Å². The van der Waals surface area contributed by atoms with Gasteiger partial charge in [-0.1, -0.05) is 12.1 Å². The number of benzene rings is 1. The number of aliphatic carboxylic acids is 1. The molecule has 1 amide bonds. The van der Waals surface area contributed by atoms with Gasteiger partial charge in [0.15, 0.2) is 0 Å². The summed E-state index contributed by atoms with van der Waals surface area (Å²) in [6.45, 7) is 6.74. The zero-order valence-electron chi connectivity index (χ0n) is 14.7. The van der Waals surface area contributed by atoms with Gasteiger partial charge in [0, 0.05) is 18.8 Å². The molecule has 0 saturated carbocycles. The lowest BCUT2D eigenvalue weighted by atomic mass is 10.1. The summed E-state index contributed by atoms with van der Waals surface area (Å²) in [5.41, 5.74) is 1.72. The number of hydrogen-bond acceptors (Lipinski definition) is 5. The molecule has 1 fully saturated rings. The van der Waals surface area contributed by atoms with E-state index in [2.05, 4.69) is 15.5 Å². The van der Waals surface area contributed by atoms with Crippen molar-refractivity contribution >= 4 is 17.6 Å². The quantitative estimate of drug-likeness (QED) is 0.578. The number of carboxylic acid groups (broad SMARTS) is 1. The third kappa shape index (κ3) is 7.21. The lowest BCUT2D eigenvalue weighted by molar-refractivity contribution is -0.141. The fourth-order valence-electron chi connectivity index (χ4n) is 2.77. The fourth-order valence-corrected chi connectivity index (χ4v) is 2.77. The van der Waals surface area contributed by atoms with E-state index in [-0.39, 0.29) is 12.3 Å². The van der Waals surface area contributed by atoms with Gasteiger partial charge >= 0.3 is 5.97 Å². The second kappa shape index (κ2) is 10.1. The Labute approximate surface area is 148 Å². The van der Waals surface area contributed by atoms with E-state index in [0.29, 0.717) is 12.2 Å². The van der Waals surface area contributed by atoms with Crippen LogP contribution in [0, 0.1) is 6.92 Å². The maximum Gasteiger partial charge on any atom is 0.321 e. The van der Waals surface area contributed by atoms with E-state index in [4.69, 9.17) is 4.74 Å². The smallest absolute Gasteiger partial charge is 0.321 e. The number of nitrogens with zero attached hydrogens (tertiary/aromatic N) is 1. The molecular weight excluding hydrogens is 322 g/mol. The second-order valence-electron chi connectivity index (χ2n) is 6.27. The summed E-state index contributed by atoms with van der Waals surface area (Å²) in [5.74, 6) is -1.32. The largest absolute Gasteiger partial charge is 0.480 e. The monoisotopic (exact) mass is 349 g/mol. The molecule has 25 heavy (non-hydrogen) atoms. The second-order valence-corrected chi connectivity index (χ2v) is 6.27. The molecular formula is C18H27N3O4. The van der Waals surface area contributed by atoms with Crippen LogP contribution in [0.5, 0.6) is 0 Å². The predicted molar refractivity (Wildman–Crippen MR) is 95.7 cm³/mol. The first-order valence-electron chi connectivity index (χ1n) is 8.67. The lowest BCUT2D eigenvalue weighted by Gasteiger charge is -2.26. The minimum Gasteiger partial charge on any atom is -0.480 e. The van der Waals surface area contributed by atoms with Crippen molar-refractivity contribution in [3.63, 3.8) is 0 Å². The van der Waals surface area contributed by atoms with Crippen molar-refractivity contribution in [2.45, 2.75) is 25.8 Å². The van der Waals surface area contributed by atoms with Crippen LogP contribution in [0.25, 0.3) is 0 Å². The first-order chi connectivity index (χ1) is 12.0. The number of anilines is 1. The molecule has 1 saturated heterocycles. The summed E-state index contributed by atoms with van der Waals surface area (Å²) >= 11 is 0. The van der Waals surface area contributed by atoms with Gasteiger partial charge < -0.3 is 20.5 Å². The Morgan fingerprint density at radius 2 is 2.08 bits per heavy atom. The first-order valence-corrected chi connectivity index (χ1v) is 8.67. The molecule has 0 spiro atoms. The van der Waals surface area contributed by atoms with Crippen LogP contribution in [0.15, 0.2) is 24.3 Å². The molecule has 7 heteroatoms. The van der Waals surface area contributed by atoms with E-state index in [1.807, 2.05) is 25.1 Å². The van der Waals surface area contributed by atoms with E-state index < -0.39 is 12.0 Å². The minimum atomic E-state index is -1.01. The number of aryl methyl sites for hydroxylation is 1. The number of carboxylic acids is 1. The van der Waals surface area contributed by atoms with Crippen LogP contribution in [-0.4, -0.2) is 67.3 Å². The SMILES string of the molecule is Cc1cccc(NC(=O)C[C@H](NCCCN2CCOCC2)C(=O)O)c1. The van der Waals surface area contributed by atoms with Gasteiger partial charge in [-0.3, -0.25) is 14.5 Å². The molecule has 3 N–H and O–H groups in total. The van der Waals surface area contributed by atoms with Crippen LogP contribution in [0.1, 0.15) is 18.4 Å². The molecule has 0 radical (unpaired) electrons. The van der Waals surface area contributed by atoms with Crippen LogP contribution in [0.4, 0.5) is 5.69 Å². The van der Waals surface area contributed by atoms with E-state index in [1.54, 1.807) is 6.07 Å². The van der Waals surface area contributed by atoms with Crippen molar-refractivity contribution in [3.05, 3.63) is 29.8 Å². The standard InChI is InChI=1S/C18H27N3O4/c1-14-4-2-5-15(12-14)20-17(22)13-16(18(23)24)19-6-3-7-21-8-10-25-11-9-21/h2,4-5,12,16,19H,3,6-11,13H2,1H3,(H,20,22)(H,23,24)/t16-/m0/s1. The van der Waals surface area contributed by atoms with E-state index in [1.165, 1.54) is 0 Å². The number of hydrogen-bond donors (Lipinski definition) is 3. The van der Waals surface area contributed by atoms with Gasteiger partial charge in [0.1, 0.15) is 6.04 Å². The topological polar surface area (TPSA) is 90.9 Å². The van der Waals surface area contributed by atoms with Gasteiger partial charge in [-0.2, -0.15) is 0 Å². The Balaban J connectivity index is 1.71. The summed E-state index contributed by atoms with van der Waals surface area (Å²) in [7, 11) is 0. The number of nitrogens with one attached hydrogen (secondary N) is 2. The molecule has 2 rings (SSSR count). The predicted octanol–water partition coefficient (Wildman–Crippen LogP) is 1.09. The highest BCUT2D eigenvalue weighted by atomic mass is 16.5. The van der Waals surface area contributed by atoms with Crippen LogP contribution < -0.4 is 10.6 Å². The molecule has 1 aliphatic rings. The van der Waals surface area contributed by atoms with E-state index in [9.17, 15) is 14.7 Å². The zero-order valence-corrected chi connectivity index (χ0v) is 14.7. The fraction of sp³-hybridized carbons (Fsp3) is 0.556. The zero-order chi connectivity index (χ0) is 18.1. The minimum absolute atomic E-state index is 0.0964. The number of carbonyl (C=O) groups excluding carboxylic acids is 1. The Morgan fingerprint density at radius 3 is 2.76 bits per heavy atom. The molecule has 1 atom stereocenters. The van der Waals surface area contributed by atoms with Crippen molar-refractivity contribution in [2.24, 2.45) is 0 Å². The number of amides is 1. The van der Waals surface area contributed by atoms with Crippen molar-refractivity contribution in [2.75, 3.05) is 44.7 Å². The van der Waals surface area contributed by atoms with Gasteiger partial charge in [-0.05, 0) is 44.1 Å². The normalized spacial score (nSPS) is 16.4. The van der Waals surface area contributed by atoms with Gasteiger partial charge in [-0.15, -0.1) is 0 Å². The Bertz CT molecular complexity index is 573. The van der Waals surface area contributed by atoms with Crippen LogP contribution >= 0.6 is 0 Å². The maximum atomic E-state index is 12.1. The number of rotatable bonds is 9. The molecule has 1 aromatic rings. The Morgan fingerprint density at radius 1 is 1.32 bits per heavy atom. The number of carbonyl (C=O) groups is 2. The average Bonchev–Trinajstić information content (AvgIpc) is 2.58. The summed E-state index contributed by atoms with van der Waals surface area (Å²) in [6.07, 6.45) is 0.740. The third-order valence-electron chi connectivity index (χ3n) is 4.14. The van der Waals surface area contributed by atoms with Gasteiger partial charge in [0.05, 0.1) is 19.6 Å². The average molecular weight is 349 g/mol. The van der Waals surface area contributed by atoms with Gasteiger partial charge in [0.2, 0.25) is 5.91 Å². The Kier molecular flexibility index (Phi) is 7.84. The molecule has 1 heterocycles. The molecule has 0 unspecified atom stereocenters. The molecule has 0 bridgehead atoms. The molecule has 1 aliphatic heterocycles. The third-order valence-corrected chi connectivity index (χ3v) is 4.14. The van der Waals surface area contributed by atoms with Crippen LogP contribution in [0.2, 0.25) is 0 Å². The highest BCUT2D eigenvalue weighted by Crippen LogP contribution is 2.10. The summed E-state index contributed by atoms with van der Waals surface area (Å²) < 4.78 is 5.30. The van der Waals surface area contributed by atoms with Crippen molar-refractivity contribution < 1.29 is 19.4 Å². The molecule has 0 aliphatic carbocycles. The van der Waals surface area contributed by atoms with Gasteiger partial charge in [-0.25, -0.2) is 0 Å². The van der Waals surface area contributed by atoms with E-state index in [0.717, 1.165) is 44.8 Å². The van der Waals surface area contributed by atoms with Crippen molar-refractivity contribution in [1.29, 1.82) is 0 Å². The first kappa shape index (κ1) is 19.4. The summed E-state index contributed by atoms with van der Waals surface area (Å²) in [6, 6.07) is 6.55. The Hall–Kier alpha value is -1.96. The van der Waals surface area contributed by atoms with Crippen molar-refractivity contribution in [3.8, 4) is 0 Å². The summed E-state index contributed by atoms with van der Waals surface area (Å²) in [5, 5.41) is 15.0. The summed E-state index contributed by atoms with van der Waals surface area (Å²) in [4.78, 5) is 25.7. The molecule has 7 nitrogen and oxygen atoms in total.